The zero-order valence-electron chi connectivity index (χ0n) is 14.6. The van der Waals surface area contributed by atoms with E-state index in [4.69, 9.17) is 9.51 Å². The molecule has 130 valence electrons. The zero-order valence-corrected chi connectivity index (χ0v) is 14.6. The van der Waals surface area contributed by atoms with Gasteiger partial charge in [0, 0.05) is 49.6 Å². The van der Waals surface area contributed by atoms with Crippen LogP contribution in [0.3, 0.4) is 0 Å². The molecule has 0 N–H and O–H groups in total. The first-order valence-electron chi connectivity index (χ1n) is 8.69. The second-order valence-corrected chi connectivity index (χ2v) is 6.46. The van der Waals surface area contributed by atoms with E-state index in [-0.39, 0.29) is 0 Å². The van der Waals surface area contributed by atoms with Crippen molar-refractivity contribution >= 4 is 0 Å². The minimum atomic E-state index is 0.771. The molecule has 0 radical (unpaired) electrons. The van der Waals surface area contributed by atoms with E-state index >= 15 is 0 Å². The molecule has 3 aromatic rings. The van der Waals surface area contributed by atoms with Crippen LogP contribution < -0.4 is 0 Å². The number of fused-ring (bicyclic) bond motifs is 1. The maximum absolute atomic E-state index is 5.26. The first kappa shape index (κ1) is 16.0. The summed E-state index contributed by atoms with van der Waals surface area (Å²) < 4.78 is 7.30. The molecule has 7 heteroatoms. The molecule has 0 bridgehead atoms. The number of aromatic nitrogens is 5. The lowest BCUT2D eigenvalue weighted by molar-refractivity contribution is 0.279. The van der Waals surface area contributed by atoms with Gasteiger partial charge in [-0.25, -0.2) is 9.67 Å². The highest BCUT2D eigenvalue weighted by atomic mass is 16.5. The molecule has 4 rings (SSSR count). The standard InChI is InChI=1S/C18H22N6O/c1-13-16(14(2)25-22-13)5-8-23-9-6-17-20-18(21-24(17)11-10-23)15-4-3-7-19-12-15/h3-4,7,12H,5-6,8-11H2,1-2H3. The Kier molecular flexibility index (Phi) is 4.31. The van der Waals surface area contributed by atoms with Crippen molar-refractivity contribution in [1.82, 2.24) is 29.8 Å². The predicted molar refractivity (Wildman–Crippen MR) is 93.1 cm³/mol. The molecule has 1 aliphatic heterocycles. The Labute approximate surface area is 146 Å². The predicted octanol–water partition coefficient (Wildman–Crippen LogP) is 2.05. The molecule has 25 heavy (non-hydrogen) atoms. The van der Waals surface area contributed by atoms with E-state index in [0.717, 1.165) is 67.7 Å². The molecule has 1 aliphatic rings. The van der Waals surface area contributed by atoms with Gasteiger partial charge in [-0.3, -0.25) is 4.98 Å². The van der Waals surface area contributed by atoms with Crippen molar-refractivity contribution in [3.05, 3.63) is 47.4 Å². The lowest BCUT2D eigenvalue weighted by Crippen LogP contribution is -2.29. The summed E-state index contributed by atoms with van der Waals surface area (Å²) in [5.41, 5.74) is 3.21. The lowest BCUT2D eigenvalue weighted by atomic mass is 10.1. The summed E-state index contributed by atoms with van der Waals surface area (Å²) >= 11 is 0. The van der Waals surface area contributed by atoms with E-state index < -0.39 is 0 Å². The third-order valence-corrected chi connectivity index (χ3v) is 4.81. The maximum atomic E-state index is 5.26. The molecule has 0 atom stereocenters. The number of nitrogens with zero attached hydrogens (tertiary/aromatic N) is 6. The van der Waals surface area contributed by atoms with Crippen LogP contribution >= 0.6 is 0 Å². The molecular formula is C18H22N6O. The van der Waals surface area contributed by atoms with Gasteiger partial charge in [0.25, 0.3) is 0 Å². The smallest absolute Gasteiger partial charge is 0.182 e. The van der Waals surface area contributed by atoms with Crippen LogP contribution in [0.4, 0.5) is 0 Å². The molecule has 0 amide bonds. The number of hydrogen-bond acceptors (Lipinski definition) is 6. The summed E-state index contributed by atoms with van der Waals surface area (Å²) in [6.07, 6.45) is 5.46. The molecule has 0 aliphatic carbocycles. The molecular weight excluding hydrogens is 316 g/mol. The first-order chi connectivity index (χ1) is 12.2. The molecule has 0 saturated carbocycles. The van der Waals surface area contributed by atoms with Crippen molar-refractivity contribution in [2.24, 2.45) is 0 Å². The summed E-state index contributed by atoms with van der Waals surface area (Å²) in [5.74, 6) is 2.76. The van der Waals surface area contributed by atoms with Gasteiger partial charge in [-0.15, -0.1) is 0 Å². The SMILES string of the molecule is Cc1noc(C)c1CCN1CCc2nc(-c3cccnc3)nn2CC1. The Hall–Kier alpha value is -2.54. The summed E-state index contributed by atoms with van der Waals surface area (Å²) in [7, 11) is 0. The van der Waals surface area contributed by atoms with E-state index in [9.17, 15) is 0 Å². The fourth-order valence-electron chi connectivity index (χ4n) is 3.31. The van der Waals surface area contributed by atoms with Crippen molar-refractivity contribution in [3.63, 3.8) is 0 Å². The number of rotatable bonds is 4. The molecule has 0 saturated heterocycles. The fourth-order valence-corrected chi connectivity index (χ4v) is 3.31. The second kappa shape index (κ2) is 6.76. The Morgan fingerprint density at radius 2 is 2.12 bits per heavy atom. The third kappa shape index (κ3) is 3.32. The molecule has 3 aromatic heterocycles. The monoisotopic (exact) mass is 338 g/mol. The topological polar surface area (TPSA) is 72.9 Å². The van der Waals surface area contributed by atoms with Gasteiger partial charge in [0.05, 0.1) is 12.2 Å². The summed E-state index contributed by atoms with van der Waals surface area (Å²) in [6, 6.07) is 3.91. The quantitative estimate of drug-likeness (QED) is 0.725. The Bertz CT molecular complexity index is 809. The first-order valence-corrected chi connectivity index (χ1v) is 8.69. The van der Waals surface area contributed by atoms with Crippen LogP contribution in [0.1, 0.15) is 22.8 Å². The minimum absolute atomic E-state index is 0.771. The van der Waals surface area contributed by atoms with Gasteiger partial charge in [-0.1, -0.05) is 5.16 Å². The average molecular weight is 338 g/mol. The summed E-state index contributed by atoms with van der Waals surface area (Å²) in [5, 5.41) is 8.71. The number of pyridine rings is 1. The zero-order chi connectivity index (χ0) is 17.2. The van der Waals surface area contributed by atoms with Crippen molar-refractivity contribution in [3.8, 4) is 11.4 Å². The third-order valence-electron chi connectivity index (χ3n) is 4.81. The van der Waals surface area contributed by atoms with Crippen LogP contribution in [0.25, 0.3) is 11.4 Å². The van der Waals surface area contributed by atoms with Crippen molar-refractivity contribution in [2.75, 3.05) is 19.6 Å². The molecule has 0 fully saturated rings. The molecule has 0 unspecified atom stereocenters. The van der Waals surface area contributed by atoms with E-state index in [1.165, 1.54) is 5.56 Å². The van der Waals surface area contributed by atoms with Gasteiger partial charge < -0.3 is 9.42 Å². The minimum Gasteiger partial charge on any atom is -0.361 e. The van der Waals surface area contributed by atoms with Gasteiger partial charge in [-0.2, -0.15) is 5.10 Å². The fraction of sp³-hybridized carbons (Fsp3) is 0.444. The average Bonchev–Trinajstić information content (AvgIpc) is 3.13. The van der Waals surface area contributed by atoms with E-state index in [2.05, 4.69) is 20.1 Å². The van der Waals surface area contributed by atoms with Gasteiger partial charge in [0.2, 0.25) is 0 Å². The van der Waals surface area contributed by atoms with Crippen LogP contribution in [0.2, 0.25) is 0 Å². The van der Waals surface area contributed by atoms with E-state index in [0.29, 0.717) is 0 Å². The number of hydrogen-bond donors (Lipinski definition) is 0. The summed E-state index contributed by atoms with van der Waals surface area (Å²) in [6.45, 7) is 7.83. The highest BCUT2D eigenvalue weighted by Crippen LogP contribution is 2.17. The van der Waals surface area contributed by atoms with Gasteiger partial charge >= 0.3 is 0 Å². The van der Waals surface area contributed by atoms with Gasteiger partial charge in [-0.05, 0) is 32.4 Å². The maximum Gasteiger partial charge on any atom is 0.182 e. The lowest BCUT2D eigenvalue weighted by Gasteiger charge is -2.19. The number of aryl methyl sites for hydroxylation is 2. The highest BCUT2D eigenvalue weighted by molar-refractivity contribution is 5.52. The van der Waals surface area contributed by atoms with Crippen LogP contribution in [0.15, 0.2) is 29.0 Å². The normalized spacial score (nSPS) is 15.1. The Morgan fingerprint density at radius 1 is 1.20 bits per heavy atom. The molecule has 4 heterocycles. The Balaban J connectivity index is 1.40. The molecule has 0 spiro atoms. The molecule has 7 nitrogen and oxygen atoms in total. The van der Waals surface area contributed by atoms with Crippen molar-refractivity contribution in [2.45, 2.75) is 33.2 Å². The van der Waals surface area contributed by atoms with Crippen LogP contribution in [0.5, 0.6) is 0 Å². The molecule has 0 aromatic carbocycles. The highest BCUT2D eigenvalue weighted by Gasteiger charge is 2.19. The van der Waals surface area contributed by atoms with Gasteiger partial charge in [0.15, 0.2) is 5.82 Å². The van der Waals surface area contributed by atoms with Crippen LogP contribution in [0, 0.1) is 13.8 Å². The van der Waals surface area contributed by atoms with E-state index in [1.807, 2.05) is 36.9 Å². The Morgan fingerprint density at radius 3 is 2.88 bits per heavy atom. The largest absolute Gasteiger partial charge is 0.361 e. The van der Waals surface area contributed by atoms with Crippen molar-refractivity contribution in [1.29, 1.82) is 0 Å². The van der Waals surface area contributed by atoms with E-state index in [1.54, 1.807) is 6.20 Å². The van der Waals surface area contributed by atoms with Gasteiger partial charge in [0.1, 0.15) is 11.6 Å². The van der Waals surface area contributed by atoms with Crippen molar-refractivity contribution < 1.29 is 4.52 Å². The second-order valence-electron chi connectivity index (χ2n) is 6.46. The van der Waals surface area contributed by atoms with Crippen LogP contribution in [-0.4, -0.2) is 49.4 Å². The summed E-state index contributed by atoms with van der Waals surface area (Å²) in [4.78, 5) is 11.3. The van der Waals surface area contributed by atoms with Crippen LogP contribution in [-0.2, 0) is 19.4 Å².